The van der Waals surface area contributed by atoms with E-state index in [2.05, 4.69) is 17.3 Å². The Morgan fingerprint density at radius 2 is 1.83 bits per heavy atom. The molecule has 3 fully saturated rings. The Balaban J connectivity index is 1.61. The molecule has 0 amide bonds. The maximum Gasteiger partial charge on any atom is 0.150 e. The van der Waals surface area contributed by atoms with Crippen molar-refractivity contribution in [2.75, 3.05) is 25.1 Å². The van der Waals surface area contributed by atoms with Gasteiger partial charge in [0.05, 0.1) is 11.5 Å². The van der Waals surface area contributed by atoms with Gasteiger partial charge in [0.25, 0.3) is 0 Å². The van der Waals surface area contributed by atoms with Crippen molar-refractivity contribution in [3.63, 3.8) is 0 Å². The molecule has 4 nitrogen and oxygen atoms in total. The maximum absolute atomic E-state index is 11.5. The molecule has 0 aromatic heterocycles. The minimum Gasteiger partial charge on any atom is -0.317 e. The molecular weight excluding hydrogens is 248 g/mol. The lowest BCUT2D eigenvalue weighted by molar-refractivity contribution is 0.104. The van der Waals surface area contributed by atoms with Gasteiger partial charge in [-0.1, -0.05) is 0 Å². The molecular formula is C13H24N2O2S. The Morgan fingerprint density at radius 1 is 1.17 bits per heavy atom. The summed E-state index contributed by atoms with van der Waals surface area (Å²) in [7, 11) is -0.656. The molecule has 1 N–H and O–H groups in total. The number of nitrogens with zero attached hydrogens (tertiary/aromatic N) is 1. The van der Waals surface area contributed by atoms with Gasteiger partial charge in [0.15, 0.2) is 9.84 Å². The van der Waals surface area contributed by atoms with Gasteiger partial charge in [-0.05, 0) is 45.1 Å². The minimum absolute atomic E-state index is 0.393. The van der Waals surface area contributed by atoms with E-state index in [-0.39, 0.29) is 0 Å². The summed E-state index contributed by atoms with van der Waals surface area (Å²) >= 11 is 0. The average Bonchev–Trinajstić information content (AvgIpc) is 2.77. The van der Waals surface area contributed by atoms with Crippen LogP contribution >= 0.6 is 0 Å². The molecule has 3 rings (SSSR count). The molecule has 0 spiro atoms. The predicted molar refractivity (Wildman–Crippen MR) is 72.4 cm³/mol. The van der Waals surface area contributed by atoms with Crippen LogP contribution in [-0.2, 0) is 9.84 Å². The lowest BCUT2D eigenvalue weighted by Crippen LogP contribution is -2.49. The number of rotatable bonds is 3. The summed E-state index contributed by atoms with van der Waals surface area (Å²) in [5.74, 6) is 1.24. The van der Waals surface area contributed by atoms with Gasteiger partial charge in [0.2, 0.25) is 0 Å². The first-order valence-electron chi connectivity index (χ1n) is 7.21. The van der Waals surface area contributed by atoms with Gasteiger partial charge in [-0.3, -0.25) is 4.90 Å². The third-order valence-corrected chi connectivity index (χ3v) is 6.93. The van der Waals surface area contributed by atoms with E-state index in [1.54, 1.807) is 0 Å². The molecule has 3 atom stereocenters. The first-order chi connectivity index (χ1) is 8.57. The van der Waals surface area contributed by atoms with Gasteiger partial charge in [-0.25, -0.2) is 8.42 Å². The Bertz CT molecular complexity index is 395. The predicted octanol–water partition coefficient (Wildman–Crippen LogP) is 0.636. The van der Waals surface area contributed by atoms with E-state index >= 15 is 0 Å². The zero-order valence-electron chi connectivity index (χ0n) is 11.1. The fourth-order valence-corrected chi connectivity index (χ4v) is 5.97. The molecule has 3 aliphatic heterocycles. The van der Waals surface area contributed by atoms with Crippen molar-refractivity contribution in [2.45, 2.75) is 50.2 Å². The van der Waals surface area contributed by atoms with Crippen LogP contribution < -0.4 is 5.32 Å². The number of sulfone groups is 1. The highest BCUT2D eigenvalue weighted by Gasteiger charge is 2.42. The lowest BCUT2D eigenvalue weighted by atomic mass is 9.95. The van der Waals surface area contributed by atoms with Crippen molar-refractivity contribution in [1.29, 1.82) is 0 Å². The molecule has 0 aliphatic carbocycles. The molecule has 3 heterocycles. The Morgan fingerprint density at radius 3 is 2.33 bits per heavy atom. The van der Waals surface area contributed by atoms with Gasteiger partial charge in [0, 0.05) is 24.7 Å². The molecule has 3 aliphatic rings. The first kappa shape index (κ1) is 12.9. The van der Waals surface area contributed by atoms with Crippen molar-refractivity contribution < 1.29 is 8.42 Å². The van der Waals surface area contributed by atoms with Gasteiger partial charge < -0.3 is 5.32 Å². The molecule has 104 valence electrons. The third-order valence-electron chi connectivity index (χ3n) is 5.09. The Kier molecular flexibility index (Phi) is 3.41. The van der Waals surface area contributed by atoms with E-state index in [4.69, 9.17) is 0 Å². The largest absolute Gasteiger partial charge is 0.317 e. The zero-order valence-corrected chi connectivity index (χ0v) is 12.0. The highest BCUT2D eigenvalue weighted by molar-refractivity contribution is 7.91. The van der Waals surface area contributed by atoms with Crippen LogP contribution in [0.4, 0.5) is 0 Å². The molecule has 2 bridgehead atoms. The number of piperidine rings is 1. The number of hydrogen-bond donors (Lipinski definition) is 1. The quantitative estimate of drug-likeness (QED) is 0.819. The third kappa shape index (κ3) is 2.45. The van der Waals surface area contributed by atoms with Crippen LogP contribution in [0, 0.1) is 5.92 Å². The van der Waals surface area contributed by atoms with Gasteiger partial charge in [-0.2, -0.15) is 0 Å². The van der Waals surface area contributed by atoms with E-state index in [0.29, 0.717) is 35.5 Å². The topological polar surface area (TPSA) is 49.4 Å². The normalized spacial score (nSPS) is 43.4. The molecule has 18 heavy (non-hydrogen) atoms. The minimum atomic E-state index is -2.72. The SMILES string of the molecule is CNC1CC2CCC(C1)N2CC1CCS(=O)(=O)C1. The van der Waals surface area contributed by atoms with Crippen LogP contribution in [0.5, 0.6) is 0 Å². The molecule has 0 aromatic rings. The van der Waals surface area contributed by atoms with E-state index < -0.39 is 9.84 Å². The molecule has 3 saturated heterocycles. The zero-order chi connectivity index (χ0) is 12.8. The summed E-state index contributed by atoms with van der Waals surface area (Å²) in [6, 6.07) is 2.07. The smallest absolute Gasteiger partial charge is 0.150 e. The fourth-order valence-electron chi connectivity index (χ4n) is 4.12. The molecule has 0 aromatic carbocycles. The fraction of sp³-hybridized carbons (Fsp3) is 1.00. The second kappa shape index (κ2) is 4.76. The van der Waals surface area contributed by atoms with Crippen LogP contribution in [0.15, 0.2) is 0 Å². The first-order valence-corrected chi connectivity index (χ1v) is 9.03. The second-order valence-corrected chi connectivity index (χ2v) is 8.54. The summed E-state index contributed by atoms with van der Waals surface area (Å²) in [4.78, 5) is 2.62. The van der Waals surface area contributed by atoms with E-state index in [1.165, 1.54) is 25.7 Å². The Hall–Kier alpha value is -0.130. The second-order valence-electron chi connectivity index (χ2n) is 6.31. The number of hydrogen-bond acceptors (Lipinski definition) is 4. The monoisotopic (exact) mass is 272 g/mol. The summed E-state index contributed by atoms with van der Waals surface area (Å²) in [6.45, 7) is 1.02. The number of nitrogens with one attached hydrogen (secondary N) is 1. The van der Waals surface area contributed by atoms with Crippen LogP contribution in [0.1, 0.15) is 32.1 Å². The van der Waals surface area contributed by atoms with Crippen LogP contribution in [0.3, 0.4) is 0 Å². The van der Waals surface area contributed by atoms with E-state index in [1.807, 2.05) is 0 Å². The summed E-state index contributed by atoms with van der Waals surface area (Å²) in [6.07, 6.45) is 5.98. The molecule has 0 radical (unpaired) electrons. The van der Waals surface area contributed by atoms with Crippen LogP contribution in [0.25, 0.3) is 0 Å². The number of fused-ring (bicyclic) bond motifs is 2. The van der Waals surface area contributed by atoms with Crippen molar-refractivity contribution in [3.8, 4) is 0 Å². The van der Waals surface area contributed by atoms with Gasteiger partial charge >= 0.3 is 0 Å². The summed E-state index contributed by atoms with van der Waals surface area (Å²) in [5, 5.41) is 3.41. The molecule has 3 unspecified atom stereocenters. The van der Waals surface area contributed by atoms with Crippen molar-refractivity contribution in [1.82, 2.24) is 10.2 Å². The van der Waals surface area contributed by atoms with Crippen molar-refractivity contribution in [2.24, 2.45) is 5.92 Å². The highest BCUT2D eigenvalue weighted by atomic mass is 32.2. The maximum atomic E-state index is 11.5. The lowest BCUT2D eigenvalue weighted by Gasteiger charge is -2.40. The van der Waals surface area contributed by atoms with Crippen molar-refractivity contribution in [3.05, 3.63) is 0 Å². The summed E-state index contributed by atoms with van der Waals surface area (Å²) in [5.41, 5.74) is 0. The van der Waals surface area contributed by atoms with Crippen molar-refractivity contribution >= 4 is 9.84 Å². The van der Waals surface area contributed by atoms with Crippen LogP contribution in [0.2, 0.25) is 0 Å². The molecule has 5 heteroatoms. The average molecular weight is 272 g/mol. The van der Waals surface area contributed by atoms with Gasteiger partial charge in [-0.15, -0.1) is 0 Å². The Labute approximate surface area is 110 Å². The van der Waals surface area contributed by atoms with E-state index in [0.717, 1.165) is 13.0 Å². The van der Waals surface area contributed by atoms with E-state index in [9.17, 15) is 8.42 Å². The standard InChI is InChI=1S/C13H24N2O2S/c1-14-11-6-12-2-3-13(7-11)15(12)8-10-4-5-18(16,17)9-10/h10-14H,2-9H2,1H3. The highest BCUT2D eigenvalue weighted by Crippen LogP contribution is 2.37. The summed E-state index contributed by atoms with van der Waals surface area (Å²) < 4.78 is 23.1. The molecule has 0 saturated carbocycles. The van der Waals surface area contributed by atoms with Crippen LogP contribution in [-0.4, -0.2) is 56.5 Å². The van der Waals surface area contributed by atoms with Gasteiger partial charge in [0.1, 0.15) is 0 Å².